The van der Waals surface area contributed by atoms with Gasteiger partial charge in [0.15, 0.2) is 0 Å². The molecule has 1 unspecified atom stereocenters. The zero-order chi connectivity index (χ0) is 18.8. The fourth-order valence-corrected chi connectivity index (χ4v) is 4.78. The Bertz CT molecular complexity index is 829. The first-order valence-electron chi connectivity index (χ1n) is 7.74. The predicted octanol–water partition coefficient (Wildman–Crippen LogP) is 0.557. The lowest BCUT2D eigenvalue weighted by Crippen LogP contribution is -2.34. The van der Waals surface area contributed by atoms with Gasteiger partial charge in [-0.15, -0.1) is 0 Å². The third-order valence-corrected chi connectivity index (χ3v) is 7.25. The van der Waals surface area contributed by atoms with Gasteiger partial charge in [0.1, 0.15) is 0 Å². The van der Waals surface area contributed by atoms with Crippen molar-refractivity contribution >= 4 is 26.0 Å². The van der Waals surface area contributed by atoms with E-state index in [9.17, 15) is 21.6 Å². The Labute approximate surface area is 148 Å². The highest BCUT2D eigenvalue weighted by Crippen LogP contribution is 2.23. The van der Waals surface area contributed by atoms with E-state index in [4.69, 9.17) is 0 Å². The number of esters is 1. The van der Waals surface area contributed by atoms with Gasteiger partial charge in [-0.25, -0.2) is 25.9 Å². The van der Waals surface area contributed by atoms with Crippen LogP contribution in [0.25, 0.3) is 0 Å². The number of hydrogen-bond donors (Lipinski definition) is 1. The van der Waals surface area contributed by atoms with Gasteiger partial charge >= 0.3 is 5.97 Å². The summed E-state index contributed by atoms with van der Waals surface area (Å²) in [7, 11) is -4.88. The molecule has 0 aliphatic heterocycles. The molecule has 140 valence electrons. The van der Waals surface area contributed by atoms with E-state index in [-0.39, 0.29) is 22.4 Å². The van der Waals surface area contributed by atoms with Gasteiger partial charge in [0, 0.05) is 19.6 Å². The van der Waals surface area contributed by atoms with Gasteiger partial charge in [0.2, 0.25) is 20.0 Å². The Hall–Kier alpha value is -1.49. The molecule has 10 heteroatoms. The molecule has 1 aromatic carbocycles. The Kier molecular flexibility index (Phi) is 5.87. The molecule has 1 aromatic rings. The SMILES string of the molecule is COC(=O)C(C)CN(C)S(=O)(=O)c1ccc(S(=O)(=O)NC2CC2)cc1. The number of ether oxygens (including phenoxy) is 1. The summed E-state index contributed by atoms with van der Waals surface area (Å²) in [6.45, 7) is 1.52. The first-order valence-corrected chi connectivity index (χ1v) is 10.7. The number of carbonyl (C=O) groups is 1. The predicted molar refractivity (Wildman–Crippen MR) is 90.8 cm³/mol. The van der Waals surface area contributed by atoms with Crippen LogP contribution < -0.4 is 4.72 Å². The van der Waals surface area contributed by atoms with Gasteiger partial charge in [-0.3, -0.25) is 4.79 Å². The van der Waals surface area contributed by atoms with Crippen molar-refractivity contribution in [3.05, 3.63) is 24.3 Å². The second-order valence-corrected chi connectivity index (χ2v) is 9.84. The molecule has 0 spiro atoms. The fourth-order valence-electron chi connectivity index (χ4n) is 2.22. The van der Waals surface area contributed by atoms with E-state index < -0.39 is 31.9 Å². The average Bonchev–Trinajstić information content (AvgIpc) is 3.37. The molecule has 0 radical (unpaired) electrons. The van der Waals surface area contributed by atoms with Gasteiger partial charge in [-0.2, -0.15) is 0 Å². The minimum Gasteiger partial charge on any atom is -0.469 e. The van der Waals surface area contributed by atoms with Crippen molar-refractivity contribution in [2.75, 3.05) is 20.7 Å². The van der Waals surface area contributed by atoms with Crippen molar-refractivity contribution in [3.8, 4) is 0 Å². The maximum absolute atomic E-state index is 12.5. The third-order valence-electron chi connectivity index (χ3n) is 3.88. The molecule has 8 nitrogen and oxygen atoms in total. The van der Waals surface area contributed by atoms with E-state index >= 15 is 0 Å². The first-order chi connectivity index (χ1) is 11.6. The molecule has 0 aromatic heterocycles. The number of methoxy groups -OCH3 is 1. The van der Waals surface area contributed by atoms with Crippen molar-refractivity contribution in [2.45, 2.75) is 35.6 Å². The first kappa shape index (κ1) is 19.8. The van der Waals surface area contributed by atoms with E-state index in [0.29, 0.717) is 0 Å². The van der Waals surface area contributed by atoms with E-state index in [0.717, 1.165) is 17.1 Å². The highest BCUT2D eigenvalue weighted by molar-refractivity contribution is 7.89. The van der Waals surface area contributed by atoms with Crippen LogP contribution in [0, 0.1) is 5.92 Å². The smallest absolute Gasteiger partial charge is 0.309 e. The maximum atomic E-state index is 12.5. The van der Waals surface area contributed by atoms with Gasteiger partial charge in [0.25, 0.3) is 0 Å². The molecule has 1 aliphatic carbocycles. The zero-order valence-corrected chi connectivity index (χ0v) is 15.9. The molecule has 0 bridgehead atoms. The molecule has 0 saturated heterocycles. The fraction of sp³-hybridized carbons (Fsp3) is 0.533. The van der Waals surface area contributed by atoms with Crippen LogP contribution in [0.2, 0.25) is 0 Å². The van der Waals surface area contributed by atoms with Gasteiger partial charge in [-0.1, -0.05) is 6.92 Å². The van der Waals surface area contributed by atoms with E-state index in [1.54, 1.807) is 6.92 Å². The monoisotopic (exact) mass is 390 g/mol. The highest BCUT2D eigenvalue weighted by Gasteiger charge is 2.29. The number of carbonyl (C=O) groups excluding carboxylic acids is 1. The molecular weight excluding hydrogens is 368 g/mol. The van der Waals surface area contributed by atoms with Crippen molar-refractivity contribution < 1.29 is 26.4 Å². The topological polar surface area (TPSA) is 110 Å². The van der Waals surface area contributed by atoms with Gasteiger partial charge < -0.3 is 4.74 Å². The molecule has 0 amide bonds. The lowest BCUT2D eigenvalue weighted by Gasteiger charge is -2.20. The lowest BCUT2D eigenvalue weighted by molar-refractivity contribution is -0.144. The number of nitrogens with one attached hydrogen (secondary N) is 1. The molecule has 1 N–H and O–H groups in total. The second kappa shape index (κ2) is 7.40. The minimum atomic E-state index is -3.84. The van der Waals surface area contributed by atoms with Crippen LogP contribution in [0.1, 0.15) is 19.8 Å². The summed E-state index contributed by atoms with van der Waals surface area (Å²) in [4.78, 5) is 11.4. The number of nitrogens with zero attached hydrogens (tertiary/aromatic N) is 1. The van der Waals surface area contributed by atoms with Crippen molar-refractivity contribution in [3.63, 3.8) is 0 Å². The van der Waals surface area contributed by atoms with Crippen molar-refractivity contribution in [2.24, 2.45) is 5.92 Å². The van der Waals surface area contributed by atoms with Crippen LogP contribution in [-0.2, 0) is 29.6 Å². The van der Waals surface area contributed by atoms with Crippen LogP contribution in [-0.4, -0.2) is 53.9 Å². The second-order valence-electron chi connectivity index (χ2n) is 6.08. The quantitative estimate of drug-likeness (QED) is 0.650. The largest absolute Gasteiger partial charge is 0.469 e. The summed E-state index contributed by atoms with van der Waals surface area (Å²) in [5, 5.41) is 0. The van der Waals surface area contributed by atoms with Crippen LogP contribution in [0.4, 0.5) is 0 Å². The summed E-state index contributed by atoms with van der Waals surface area (Å²) < 4.78 is 57.5. The number of benzene rings is 1. The van der Waals surface area contributed by atoms with E-state index in [1.165, 1.54) is 38.4 Å². The van der Waals surface area contributed by atoms with Crippen molar-refractivity contribution in [1.82, 2.24) is 9.03 Å². The molecule has 25 heavy (non-hydrogen) atoms. The summed E-state index contributed by atoms with van der Waals surface area (Å²) >= 11 is 0. The number of sulfonamides is 2. The standard InChI is InChI=1S/C15H22N2O6S2/c1-11(15(18)23-3)10-17(2)25(21,22)14-8-6-13(7-9-14)24(19,20)16-12-4-5-12/h6-9,11-12,16H,4-5,10H2,1-3H3. The molecule has 2 rings (SSSR count). The highest BCUT2D eigenvalue weighted by atomic mass is 32.2. The zero-order valence-electron chi connectivity index (χ0n) is 14.3. The van der Waals surface area contributed by atoms with Crippen LogP contribution in [0.15, 0.2) is 34.1 Å². The Morgan fingerprint density at radius 3 is 2.20 bits per heavy atom. The van der Waals surface area contributed by atoms with Crippen LogP contribution in [0.3, 0.4) is 0 Å². The summed E-state index contributed by atoms with van der Waals surface area (Å²) in [5.41, 5.74) is 0. The molecule has 0 heterocycles. The Balaban J connectivity index is 2.15. The average molecular weight is 390 g/mol. The summed E-state index contributed by atoms with van der Waals surface area (Å²) in [5.74, 6) is -1.12. The third kappa shape index (κ3) is 4.78. The summed E-state index contributed by atoms with van der Waals surface area (Å²) in [6.07, 6.45) is 1.63. The number of hydrogen-bond acceptors (Lipinski definition) is 6. The number of rotatable bonds is 8. The maximum Gasteiger partial charge on any atom is 0.309 e. The molecular formula is C15H22N2O6S2. The molecule has 1 aliphatic rings. The molecule has 1 fully saturated rings. The van der Waals surface area contributed by atoms with Gasteiger partial charge in [-0.05, 0) is 37.1 Å². The van der Waals surface area contributed by atoms with Crippen LogP contribution in [0.5, 0.6) is 0 Å². The summed E-state index contributed by atoms with van der Waals surface area (Å²) in [6, 6.07) is 4.98. The Morgan fingerprint density at radius 2 is 1.72 bits per heavy atom. The van der Waals surface area contributed by atoms with Crippen molar-refractivity contribution in [1.29, 1.82) is 0 Å². The van der Waals surface area contributed by atoms with E-state index in [1.807, 2.05) is 0 Å². The van der Waals surface area contributed by atoms with Crippen LogP contribution >= 0.6 is 0 Å². The van der Waals surface area contributed by atoms with Gasteiger partial charge in [0.05, 0.1) is 22.8 Å². The molecule has 1 atom stereocenters. The normalized spacial score (nSPS) is 16.6. The Morgan fingerprint density at radius 1 is 1.20 bits per heavy atom. The van der Waals surface area contributed by atoms with E-state index in [2.05, 4.69) is 9.46 Å². The lowest BCUT2D eigenvalue weighted by atomic mass is 10.2. The minimum absolute atomic E-state index is 0.0175. The molecule has 1 saturated carbocycles.